The molecule has 1 saturated carbocycles. The number of hydrogen-bond acceptors (Lipinski definition) is 1. The molecule has 0 saturated heterocycles. The lowest BCUT2D eigenvalue weighted by Gasteiger charge is -2.35. The third-order valence-electron chi connectivity index (χ3n) is 4.27. The fraction of sp³-hybridized carbons (Fsp3) is 0.625. The van der Waals surface area contributed by atoms with Crippen molar-refractivity contribution in [2.45, 2.75) is 52.1 Å². The van der Waals surface area contributed by atoms with Gasteiger partial charge >= 0.3 is 0 Å². The Bertz CT molecular complexity index is 390. The molecule has 0 bridgehead atoms. The largest absolute Gasteiger partial charge is 0.307 e. The first kappa shape index (κ1) is 13.9. The van der Waals surface area contributed by atoms with Gasteiger partial charge in [0.1, 0.15) is 0 Å². The summed E-state index contributed by atoms with van der Waals surface area (Å²) in [6, 6.07) is 9.11. The first-order chi connectivity index (χ1) is 8.58. The van der Waals surface area contributed by atoms with Crippen LogP contribution in [-0.4, -0.2) is 6.04 Å². The van der Waals surface area contributed by atoms with Crippen molar-refractivity contribution >= 4 is 11.6 Å². The van der Waals surface area contributed by atoms with Gasteiger partial charge in [0.05, 0.1) is 0 Å². The summed E-state index contributed by atoms with van der Waals surface area (Å²) >= 11 is 6.26. The SMILES string of the molecule is CC1CCC(N[C@H](C)c2ccccc2Cl)C(C)C1. The number of halogens is 1. The van der Waals surface area contributed by atoms with Gasteiger partial charge in [-0.15, -0.1) is 0 Å². The Hall–Kier alpha value is -0.530. The van der Waals surface area contributed by atoms with Gasteiger partial charge in [-0.3, -0.25) is 0 Å². The summed E-state index contributed by atoms with van der Waals surface area (Å²) in [4.78, 5) is 0. The first-order valence-corrected chi connectivity index (χ1v) is 7.46. The quantitative estimate of drug-likeness (QED) is 0.827. The molecule has 1 aromatic carbocycles. The Labute approximate surface area is 116 Å². The van der Waals surface area contributed by atoms with Gasteiger partial charge < -0.3 is 5.32 Å². The molecule has 1 nitrogen and oxygen atoms in total. The predicted octanol–water partition coefficient (Wildman–Crippen LogP) is 4.82. The molecule has 100 valence electrons. The van der Waals surface area contributed by atoms with Crippen LogP contribution in [0.2, 0.25) is 5.02 Å². The van der Waals surface area contributed by atoms with Crippen LogP contribution in [0.25, 0.3) is 0 Å². The Morgan fingerprint density at radius 3 is 2.61 bits per heavy atom. The zero-order valence-corrected chi connectivity index (χ0v) is 12.4. The van der Waals surface area contributed by atoms with E-state index >= 15 is 0 Å². The maximum atomic E-state index is 6.26. The van der Waals surface area contributed by atoms with Crippen molar-refractivity contribution < 1.29 is 0 Å². The van der Waals surface area contributed by atoms with E-state index in [9.17, 15) is 0 Å². The maximum absolute atomic E-state index is 6.26. The van der Waals surface area contributed by atoms with Crippen LogP contribution in [0.3, 0.4) is 0 Å². The van der Waals surface area contributed by atoms with Crippen molar-refractivity contribution in [2.24, 2.45) is 11.8 Å². The summed E-state index contributed by atoms with van der Waals surface area (Å²) < 4.78 is 0. The Kier molecular flexibility index (Phi) is 4.69. The van der Waals surface area contributed by atoms with Crippen molar-refractivity contribution in [3.63, 3.8) is 0 Å². The number of benzene rings is 1. The van der Waals surface area contributed by atoms with E-state index in [0.717, 1.165) is 16.9 Å². The van der Waals surface area contributed by atoms with E-state index in [0.29, 0.717) is 12.1 Å². The molecule has 18 heavy (non-hydrogen) atoms. The second-order valence-corrected chi connectivity index (χ2v) is 6.32. The molecule has 0 spiro atoms. The van der Waals surface area contributed by atoms with E-state index in [4.69, 9.17) is 11.6 Å². The van der Waals surface area contributed by atoms with Crippen LogP contribution in [0, 0.1) is 11.8 Å². The molecule has 0 aliphatic heterocycles. The van der Waals surface area contributed by atoms with E-state index in [2.05, 4.69) is 38.2 Å². The maximum Gasteiger partial charge on any atom is 0.0453 e. The summed E-state index contributed by atoms with van der Waals surface area (Å²) in [6.07, 6.45) is 3.97. The summed E-state index contributed by atoms with van der Waals surface area (Å²) in [5.74, 6) is 1.65. The molecule has 3 unspecified atom stereocenters. The van der Waals surface area contributed by atoms with E-state index in [-0.39, 0.29) is 0 Å². The molecule has 0 radical (unpaired) electrons. The van der Waals surface area contributed by atoms with Gasteiger partial charge in [0, 0.05) is 17.1 Å². The number of rotatable bonds is 3. The van der Waals surface area contributed by atoms with Crippen LogP contribution in [0.5, 0.6) is 0 Å². The summed E-state index contributed by atoms with van der Waals surface area (Å²) in [6.45, 7) is 6.95. The van der Waals surface area contributed by atoms with Gasteiger partial charge in [0.25, 0.3) is 0 Å². The Morgan fingerprint density at radius 2 is 1.94 bits per heavy atom. The zero-order chi connectivity index (χ0) is 13.1. The molecule has 2 rings (SSSR count). The smallest absolute Gasteiger partial charge is 0.0453 e. The van der Waals surface area contributed by atoms with Crippen LogP contribution >= 0.6 is 11.6 Å². The van der Waals surface area contributed by atoms with Crippen LogP contribution in [0.15, 0.2) is 24.3 Å². The second-order valence-electron chi connectivity index (χ2n) is 5.91. The van der Waals surface area contributed by atoms with E-state index < -0.39 is 0 Å². The predicted molar refractivity (Wildman–Crippen MR) is 79.0 cm³/mol. The van der Waals surface area contributed by atoms with E-state index in [1.807, 2.05) is 12.1 Å². The second kappa shape index (κ2) is 6.08. The molecular formula is C16H24ClN. The minimum atomic E-state index is 0.333. The molecule has 0 aromatic heterocycles. The number of nitrogens with one attached hydrogen (secondary N) is 1. The lowest BCUT2D eigenvalue weighted by atomic mass is 9.79. The van der Waals surface area contributed by atoms with Gasteiger partial charge in [0.2, 0.25) is 0 Å². The van der Waals surface area contributed by atoms with Crippen molar-refractivity contribution in [1.82, 2.24) is 5.32 Å². The standard InChI is InChI=1S/C16H24ClN/c1-11-8-9-16(12(2)10-11)18-13(3)14-6-4-5-7-15(14)17/h4-7,11-13,16,18H,8-10H2,1-3H3/t11?,12?,13-,16?/m1/s1. The molecule has 4 atom stereocenters. The van der Waals surface area contributed by atoms with Crippen LogP contribution in [0.4, 0.5) is 0 Å². The van der Waals surface area contributed by atoms with Crippen LogP contribution in [0.1, 0.15) is 51.6 Å². The van der Waals surface area contributed by atoms with Crippen molar-refractivity contribution in [3.05, 3.63) is 34.9 Å². The third-order valence-corrected chi connectivity index (χ3v) is 4.61. The van der Waals surface area contributed by atoms with Gasteiger partial charge in [-0.1, -0.05) is 43.6 Å². The average molecular weight is 266 g/mol. The number of hydrogen-bond donors (Lipinski definition) is 1. The molecule has 1 aliphatic carbocycles. The van der Waals surface area contributed by atoms with Gasteiger partial charge in [-0.2, -0.15) is 0 Å². The molecular weight excluding hydrogens is 242 g/mol. The highest BCUT2D eigenvalue weighted by Crippen LogP contribution is 2.31. The van der Waals surface area contributed by atoms with Crippen LogP contribution in [-0.2, 0) is 0 Å². The first-order valence-electron chi connectivity index (χ1n) is 7.08. The van der Waals surface area contributed by atoms with Crippen molar-refractivity contribution in [1.29, 1.82) is 0 Å². The highest BCUT2D eigenvalue weighted by Gasteiger charge is 2.26. The average Bonchev–Trinajstić information content (AvgIpc) is 2.33. The lowest BCUT2D eigenvalue weighted by molar-refractivity contribution is 0.216. The van der Waals surface area contributed by atoms with Crippen LogP contribution < -0.4 is 5.32 Å². The topological polar surface area (TPSA) is 12.0 Å². The monoisotopic (exact) mass is 265 g/mol. The van der Waals surface area contributed by atoms with Gasteiger partial charge in [-0.05, 0) is 49.7 Å². The van der Waals surface area contributed by atoms with Crippen molar-refractivity contribution in [3.8, 4) is 0 Å². The van der Waals surface area contributed by atoms with Crippen molar-refractivity contribution in [2.75, 3.05) is 0 Å². The Balaban J connectivity index is 1.99. The zero-order valence-electron chi connectivity index (χ0n) is 11.6. The normalized spacial score (nSPS) is 30.1. The Morgan fingerprint density at radius 1 is 1.22 bits per heavy atom. The molecule has 0 heterocycles. The highest BCUT2D eigenvalue weighted by molar-refractivity contribution is 6.31. The van der Waals surface area contributed by atoms with Gasteiger partial charge in [0.15, 0.2) is 0 Å². The third kappa shape index (κ3) is 3.27. The molecule has 0 amide bonds. The fourth-order valence-corrected chi connectivity index (χ4v) is 3.45. The summed E-state index contributed by atoms with van der Waals surface area (Å²) in [7, 11) is 0. The highest BCUT2D eigenvalue weighted by atomic mass is 35.5. The summed E-state index contributed by atoms with van der Waals surface area (Å²) in [5.41, 5.74) is 1.21. The van der Waals surface area contributed by atoms with Gasteiger partial charge in [-0.25, -0.2) is 0 Å². The minimum absolute atomic E-state index is 0.333. The fourth-order valence-electron chi connectivity index (χ4n) is 3.15. The molecule has 1 N–H and O–H groups in total. The van der Waals surface area contributed by atoms with E-state index in [1.54, 1.807) is 0 Å². The summed E-state index contributed by atoms with van der Waals surface area (Å²) in [5, 5.41) is 4.63. The molecule has 1 aromatic rings. The molecule has 1 aliphatic rings. The molecule has 1 fully saturated rings. The molecule has 2 heteroatoms. The lowest BCUT2D eigenvalue weighted by Crippen LogP contribution is -2.40. The van der Waals surface area contributed by atoms with E-state index in [1.165, 1.54) is 24.8 Å². The minimum Gasteiger partial charge on any atom is -0.307 e.